The second-order valence-corrected chi connectivity index (χ2v) is 17.1. The summed E-state index contributed by atoms with van der Waals surface area (Å²) < 4.78 is 0. The summed E-state index contributed by atoms with van der Waals surface area (Å²) in [6.07, 6.45) is 25.6. The van der Waals surface area contributed by atoms with E-state index < -0.39 is 0 Å². The third-order valence-electron chi connectivity index (χ3n) is 13.9. The molecule has 0 spiro atoms. The third-order valence-corrected chi connectivity index (χ3v) is 13.9. The SMILES string of the molecule is CC1(c2ccc3c(-c4cccc5c4CCCC5)c4c(c(C5CC=Cc6ccccc65)c3c2)=CCCC=4)C=CC(C2Nc3ccccc3N2c2ccccc2)CC1. The topological polar surface area (TPSA) is 15.3 Å². The number of hydrogen-bond acceptors (Lipinski definition) is 2. The summed E-state index contributed by atoms with van der Waals surface area (Å²) in [5, 5.41) is 9.76. The van der Waals surface area contributed by atoms with Crippen LogP contribution in [0.15, 0.2) is 133 Å². The monoisotopic (exact) mass is 726 g/mol. The Kier molecular flexibility index (Phi) is 8.16. The second-order valence-electron chi connectivity index (χ2n) is 17.1. The molecule has 1 N–H and O–H groups in total. The van der Waals surface area contributed by atoms with Crippen LogP contribution in [0.5, 0.6) is 0 Å². The van der Waals surface area contributed by atoms with Gasteiger partial charge in [-0.2, -0.15) is 0 Å². The summed E-state index contributed by atoms with van der Waals surface area (Å²) in [4.78, 5) is 2.52. The van der Waals surface area contributed by atoms with E-state index in [4.69, 9.17) is 0 Å². The molecule has 276 valence electrons. The molecule has 5 aliphatic rings. The molecule has 1 aliphatic heterocycles. The number of hydrogen-bond donors (Lipinski definition) is 1. The van der Waals surface area contributed by atoms with E-state index in [0.717, 1.165) is 32.1 Å². The van der Waals surface area contributed by atoms with Crippen molar-refractivity contribution in [1.29, 1.82) is 0 Å². The number of nitrogens with zero attached hydrogens (tertiary/aromatic N) is 1. The molecular weight excluding hydrogens is 677 g/mol. The molecule has 4 unspecified atom stereocenters. The lowest BCUT2D eigenvalue weighted by Gasteiger charge is -2.38. The molecule has 6 aromatic carbocycles. The molecule has 0 saturated carbocycles. The summed E-state index contributed by atoms with van der Waals surface area (Å²) in [6, 6.07) is 43.6. The normalized spacial score (nSPS) is 23.3. The highest BCUT2D eigenvalue weighted by Crippen LogP contribution is 2.47. The summed E-state index contributed by atoms with van der Waals surface area (Å²) in [6.45, 7) is 2.48. The maximum Gasteiger partial charge on any atom is 0.110 e. The first-order chi connectivity index (χ1) is 27.6. The smallest absolute Gasteiger partial charge is 0.110 e. The number of para-hydroxylation sites is 3. The molecule has 0 bridgehead atoms. The van der Waals surface area contributed by atoms with Gasteiger partial charge in [0.2, 0.25) is 0 Å². The van der Waals surface area contributed by atoms with Gasteiger partial charge in [-0.3, -0.25) is 0 Å². The van der Waals surface area contributed by atoms with Crippen molar-refractivity contribution >= 4 is 46.1 Å². The summed E-state index contributed by atoms with van der Waals surface area (Å²) in [5.41, 5.74) is 15.5. The quantitative estimate of drug-likeness (QED) is 0.178. The molecular formula is C54H50N2. The standard InChI is InChI=1S/C54H50N2/c1-54(33-31-38(32-34-54)53-55-49-27-11-12-28-50(49)56(53)40-19-3-2-4-20-40)39-29-30-47-48(35-39)52(44-26-14-18-37-16-6-8-22-42(37)44)46-24-10-9-23-45(46)51(47)43-25-13-17-36-15-5-7-21-41(36)43/h2-4,6,8,11-14,16-20,22-25,27-31,33,35,38,44,53,55H,5,7,9-10,15,21,26,32,34H2,1H3. The van der Waals surface area contributed by atoms with E-state index in [0.29, 0.717) is 11.8 Å². The Morgan fingerprint density at radius 2 is 1.57 bits per heavy atom. The van der Waals surface area contributed by atoms with Crippen LogP contribution in [0, 0.1) is 5.92 Å². The molecule has 6 aromatic rings. The molecule has 0 amide bonds. The van der Waals surface area contributed by atoms with Crippen LogP contribution in [0.4, 0.5) is 17.1 Å². The van der Waals surface area contributed by atoms with E-state index in [9.17, 15) is 0 Å². The Balaban J connectivity index is 1.07. The van der Waals surface area contributed by atoms with Crippen LogP contribution >= 0.6 is 0 Å². The molecule has 1 heterocycles. The number of aryl methyl sites for hydroxylation is 1. The summed E-state index contributed by atoms with van der Waals surface area (Å²) >= 11 is 0. The average Bonchev–Trinajstić information content (AvgIpc) is 3.65. The Hall–Kier alpha value is -5.60. The van der Waals surface area contributed by atoms with E-state index in [1.54, 1.807) is 11.1 Å². The first-order valence-electron chi connectivity index (χ1n) is 21.2. The van der Waals surface area contributed by atoms with Gasteiger partial charge >= 0.3 is 0 Å². The predicted molar refractivity (Wildman–Crippen MR) is 237 cm³/mol. The molecule has 0 radical (unpaired) electrons. The Bertz CT molecular complexity index is 2700. The Morgan fingerprint density at radius 1 is 0.750 bits per heavy atom. The van der Waals surface area contributed by atoms with E-state index in [2.05, 4.69) is 169 Å². The number of allylic oxidation sites excluding steroid dienone is 2. The van der Waals surface area contributed by atoms with Crippen LogP contribution in [0.3, 0.4) is 0 Å². The number of anilines is 3. The molecule has 11 rings (SSSR count). The van der Waals surface area contributed by atoms with Gasteiger partial charge < -0.3 is 10.2 Å². The van der Waals surface area contributed by atoms with E-state index in [1.807, 2.05) is 0 Å². The van der Waals surface area contributed by atoms with Crippen molar-refractivity contribution in [3.63, 3.8) is 0 Å². The van der Waals surface area contributed by atoms with E-state index in [1.165, 1.54) is 97.3 Å². The molecule has 4 aliphatic carbocycles. The summed E-state index contributed by atoms with van der Waals surface area (Å²) in [5.74, 6) is 0.701. The lowest BCUT2D eigenvalue weighted by Crippen LogP contribution is -2.40. The van der Waals surface area contributed by atoms with Crippen molar-refractivity contribution in [3.8, 4) is 11.1 Å². The van der Waals surface area contributed by atoms with Gasteiger partial charge in [0.15, 0.2) is 0 Å². The van der Waals surface area contributed by atoms with E-state index in [-0.39, 0.29) is 11.6 Å². The maximum absolute atomic E-state index is 3.93. The highest BCUT2D eigenvalue weighted by atomic mass is 15.3. The largest absolute Gasteiger partial charge is 0.363 e. The zero-order chi connectivity index (χ0) is 37.2. The second kappa shape index (κ2) is 13.6. The van der Waals surface area contributed by atoms with Crippen LogP contribution in [0.2, 0.25) is 0 Å². The van der Waals surface area contributed by atoms with Gasteiger partial charge in [0, 0.05) is 22.9 Å². The van der Waals surface area contributed by atoms with Gasteiger partial charge in [-0.05, 0) is 154 Å². The molecule has 56 heavy (non-hydrogen) atoms. The zero-order valence-corrected chi connectivity index (χ0v) is 32.5. The van der Waals surface area contributed by atoms with Gasteiger partial charge in [0.1, 0.15) is 6.17 Å². The van der Waals surface area contributed by atoms with Crippen LogP contribution in [0.25, 0.3) is 40.1 Å². The van der Waals surface area contributed by atoms with Crippen molar-refractivity contribution in [2.45, 2.75) is 82.2 Å². The molecule has 2 heteroatoms. The van der Waals surface area contributed by atoms with Gasteiger partial charge in [-0.1, -0.05) is 128 Å². The lowest BCUT2D eigenvalue weighted by molar-refractivity contribution is 0.397. The first kappa shape index (κ1) is 33.7. The van der Waals surface area contributed by atoms with E-state index >= 15 is 0 Å². The third kappa shape index (κ3) is 5.44. The van der Waals surface area contributed by atoms with Crippen molar-refractivity contribution in [2.75, 3.05) is 10.2 Å². The minimum absolute atomic E-state index is 0.0623. The molecule has 0 aromatic heterocycles. The lowest BCUT2D eigenvalue weighted by atomic mass is 9.70. The number of nitrogens with one attached hydrogen (secondary N) is 1. The van der Waals surface area contributed by atoms with Crippen molar-refractivity contribution in [1.82, 2.24) is 0 Å². The Morgan fingerprint density at radius 3 is 2.46 bits per heavy atom. The van der Waals surface area contributed by atoms with Crippen molar-refractivity contribution in [3.05, 3.63) is 177 Å². The van der Waals surface area contributed by atoms with Gasteiger partial charge in [-0.25, -0.2) is 0 Å². The van der Waals surface area contributed by atoms with Crippen LogP contribution < -0.4 is 20.7 Å². The fourth-order valence-electron chi connectivity index (χ4n) is 11.0. The highest BCUT2D eigenvalue weighted by Gasteiger charge is 2.38. The van der Waals surface area contributed by atoms with Crippen LogP contribution in [0.1, 0.15) is 91.2 Å². The molecule has 0 fully saturated rings. The average molecular weight is 727 g/mol. The maximum atomic E-state index is 3.93. The summed E-state index contributed by atoms with van der Waals surface area (Å²) in [7, 11) is 0. The van der Waals surface area contributed by atoms with Crippen LogP contribution in [-0.2, 0) is 18.3 Å². The van der Waals surface area contributed by atoms with Crippen molar-refractivity contribution < 1.29 is 0 Å². The Labute approximate surface area is 331 Å². The van der Waals surface area contributed by atoms with Gasteiger partial charge in [0.25, 0.3) is 0 Å². The van der Waals surface area contributed by atoms with Gasteiger partial charge in [-0.15, -0.1) is 0 Å². The van der Waals surface area contributed by atoms with Crippen LogP contribution in [-0.4, -0.2) is 6.17 Å². The van der Waals surface area contributed by atoms with Gasteiger partial charge in [0.05, 0.1) is 11.4 Å². The predicted octanol–water partition coefficient (Wildman–Crippen LogP) is 12.1. The molecule has 4 atom stereocenters. The zero-order valence-electron chi connectivity index (χ0n) is 32.5. The minimum atomic E-state index is -0.0623. The van der Waals surface area contributed by atoms with Crippen molar-refractivity contribution in [2.24, 2.45) is 5.92 Å². The molecule has 2 nitrogen and oxygen atoms in total. The number of benzene rings is 6. The minimum Gasteiger partial charge on any atom is -0.363 e. The number of rotatable bonds is 5. The fraction of sp³-hybridized carbons (Fsp3) is 0.259. The highest BCUT2D eigenvalue weighted by molar-refractivity contribution is 6.01. The molecule has 0 saturated heterocycles. The number of fused-ring (bicyclic) bond motifs is 5. The first-order valence-corrected chi connectivity index (χ1v) is 21.2. The fourth-order valence-corrected chi connectivity index (χ4v) is 11.0.